The predicted molar refractivity (Wildman–Crippen MR) is 122 cm³/mol. The lowest BCUT2D eigenvalue weighted by atomic mass is 9.99. The lowest BCUT2D eigenvalue weighted by molar-refractivity contribution is 0.0950. The number of rotatable bonds is 7. The Morgan fingerprint density at radius 1 is 1.07 bits per heavy atom. The molecular formula is C25H33N3O2. The summed E-state index contributed by atoms with van der Waals surface area (Å²) in [4.78, 5) is 27.7. The van der Waals surface area contributed by atoms with Gasteiger partial charge in [0.1, 0.15) is 0 Å². The van der Waals surface area contributed by atoms with Gasteiger partial charge < -0.3 is 10.6 Å². The molecule has 0 aromatic heterocycles. The molecule has 2 N–H and O–H groups in total. The van der Waals surface area contributed by atoms with E-state index in [9.17, 15) is 9.59 Å². The topological polar surface area (TPSA) is 61.4 Å². The van der Waals surface area contributed by atoms with E-state index >= 15 is 0 Å². The summed E-state index contributed by atoms with van der Waals surface area (Å²) in [6.07, 6.45) is 2.57. The molecule has 0 bridgehead atoms. The van der Waals surface area contributed by atoms with E-state index < -0.39 is 0 Å². The molecule has 1 aliphatic rings. The van der Waals surface area contributed by atoms with E-state index in [0.717, 1.165) is 25.6 Å². The molecule has 5 heteroatoms. The number of carbonyl (C=O) groups excluding carboxylic acids is 2. The van der Waals surface area contributed by atoms with Crippen LogP contribution < -0.4 is 10.6 Å². The average molecular weight is 408 g/mol. The Hall–Kier alpha value is -2.66. The summed E-state index contributed by atoms with van der Waals surface area (Å²) < 4.78 is 0. The van der Waals surface area contributed by atoms with Crippen molar-refractivity contribution in [2.24, 2.45) is 11.8 Å². The second kappa shape index (κ2) is 10.4. The lowest BCUT2D eigenvalue weighted by Gasteiger charge is -2.30. The highest BCUT2D eigenvalue weighted by molar-refractivity contribution is 6.09. The van der Waals surface area contributed by atoms with E-state index in [1.54, 1.807) is 18.2 Å². The van der Waals surface area contributed by atoms with Crippen molar-refractivity contribution < 1.29 is 9.59 Å². The molecule has 3 rings (SSSR count). The van der Waals surface area contributed by atoms with Gasteiger partial charge in [-0.05, 0) is 61.1 Å². The normalized spacial score (nSPS) is 17.0. The summed E-state index contributed by atoms with van der Waals surface area (Å²) in [6.45, 7) is 10.2. The Morgan fingerprint density at radius 2 is 1.80 bits per heavy atom. The second-order valence-corrected chi connectivity index (χ2v) is 8.78. The van der Waals surface area contributed by atoms with E-state index in [4.69, 9.17) is 0 Å². The van der Waals surface area contributed by atoms with Crippen LogP contribution in [0, 0.1) is 11.8 Å². The maximum absolute atomic E-state index is 12.7. The maximum atomic E-state index is 12.7. The Balaban J connectivity index is 1.63. The van der Waals surface area contributed by atoms with Crippen molar-refractivity contribution in [3.05, 3.63) is 65.2 Å². The fraction of sp³-hybridized carbons (Fsp3) is 0.440. The van der Waals surface area contributed by atoms with Gasteiger partial charge in [-0.3, -0.25) is 14.5 Å². The molecule has 0 radical (unpaired) electrons. The zero-order valence-corrected chi connectivity index (χ0v) is 18.3. The van der Waals surface area contributed by atoms with Gasteiger partial charge in [0.15, 0.2) is 0 Å². The molecule has 0 saturated carbocycles. The van der Waals surface area contributed by atoms with Crippen molar-refractivity contribution in [1.29, 1.82) is 0 Å². The number of para-hydroxylation sites is 1. The molecule has 0 unspecified atom stereocenters. The van der Waals surface area contributed by atoms with Crippen molar-refractivity contribution in [3.63, 3.8) is 0 Å². The van der Waals surface area contributed by atoms with Crippen LogP contribution in [0.1, 0.15) is 59.9 Å². The Morgan fingerprint density at radius 3 is 2.50 bits per heavy atom. The van der Waals surface area contributed by atoms with Gasteiger partial charge in [0.05, 0.1) is 11.3 Å². The van der Waals surface area contributed by atoms with Crippen LogP contribution >= 0.6 is 0 Å². The first-order valence-electron chi connectivity index (χ1n) is 10.9. The Bertz CT molecular complexity index is 861. The molecule has 0 spiro atoms. The number of nitrogens with one attached hydrogen (secondary N) is 2. The van der Waals surface area contributed by atoms with Gasteiger partial charge in [-0.1, -0.05) is 45.0 Å². The highest BCUT2D eigenvalue weighted by Crippen LogP contribution is 2.19. The van der Waals surface area contributed by atoms with Gasteiger partial charge >= 0.3 is 0 Å². The minimum absolute atomic E-state index is 0.175. The van der Waals surface area contributed by atoms with Crippen LogP contribution in [0.15, 0.2) is 48.5 Å². The van der Waals surface area contributed by atoms with Crippen molar-refractivity contribution in [2.75, 3.05) is 25.0 Å². The summed E-state index contributed by atoms with van der Waals surface area (Å²) >= 11 is 0. The highest BCUT2D eigenvalue weighted by Gasteiger charge is 2.17. The monoisotopic (exact) mass is 407 g/mol. The van der Waals surface area contributed by atoms with E-state index in [1.165, 1.54) is 18.4 Å². The third-order valence-corrected chi connectivity index (χ3v) is 5.45. The number of piperidine rings is 1. The summed E-state index contributed by atoms with van der Waals surface area (Å²) in [6, 6.07) is 14.9. The van der Waals surface area contributed by atoms with Crippen molar-refractivity contribution in [1.82, 2.24) is 10.2 Å². The largest absolute Gasteiger partial charge is 0.352 e. The molecule has 2 aromatic rings. The van der Waals surface area contributed by atoms with Gasteiger partial charge in [-0.2, -0.15) is 0 Å². The molecule has 1 atom stereocenters. The minimum Gasteiger partial charge on any atom is -0.352 e. The van der Waals surface area contributed by atoms with Crippen molar-refractivity contribution >= 4 is 17.5 Å². The minimum atomic E-state index is -0.211. The van der Waals surface area contributed by atoms with Gasteiger partial charge in [-0.25, -0.2) is 0 Å². The lowest BCUT2D eigenvalue weighted by Crippen LogP contribution is -2.33. The first-order chi connectivity index (χ1) is 14.4. The second-order valence-electron chi connectivity index (χ2n) is 8.78. The molecule has 5 nitrogen and oxygen atoms in total. The summed E-state index contributed by atoms with van der Waals surface area (Å²) in [5.74, 6) is 0.729. The highest BCUT2D eigenvalue weighted by atomic mass is 16.2. The third-order valence-electron chi connectivity index (χ3n) is 5.45. The number of amides is 2. The molecule has 30 heavy (non-hydrogen) atoms. The van der Waals surface area contributed by atoms with Crippen LogP contribution in [-0.2, 0) is 6.54 Å². The average Bonchev–Trinajstić information content (AvgIpc) is 2.73. The number of carbonyl (C=O) groups is 2. The fourth-order valence-electron chi connectivity index (χ4n) is 3.83. The Kier molecular flexibility index (Phi) is 7.63. The quantitative estimate of drug-likeness (QED) is 0.707. The molecule has 1 fully saturated rings. The number of hydrogen-bond acceptors (Lipinski definition) is 3. The van der Waals surface area contributed by atoms with Crippen LogP contribution in [0.2, 0.25) is 0 Å². The molecule has 160 valence electrons. The van der Waals surface area contributed by atoms with Crippen LogP contribution in [0.3, 0.4) is 0 Å². The third kappa shape index (κ3) is 6.17. The predicted octanol–water partition coefficient (Wildman–Crippen LogP) is 4.56. The number of likely N-dealkylation sites (tertiary alicyclic amines) is 1. The van der Waals surface area contributed by atoms with Gasteiger partial charge in [0, 0.05) is 25.2 Å². The number of nitrogens with zero attached hydrogens (tertiary/aromatic N) is 1. The van der Waals surface area contributed by atoms with Crippen molar-refractivity contribution in [2.45, 2.75) is 40.2 Å². The van der Waals surface area contributed by atoms with Crippen LogP contribution in [0.25, 0.3) is 0 Å². The standard InChI is InChI=1S/C25H33N3O2/c1-18(2)15-26-25(30)22-8-4-5-9-23(22)27-24(29)21-12-10-20(11-13-21)17-28-14-6-7-19(3)16-28/h4-5,8-13,18-19H,6-7,14-17H2,1-3H3,(H,26,30)(H,27,29)/t19-/m0/s1. The van der Waals surface area contributed by atoms with E-state index in [1.807, 2.05) is 44.2 Å². The van der Waals surface area contributed by atoms with Crippen LogP contribution in [-0.4, -0.2) is 36.3 Å². The zero-order valence-electron chi connectivity index (χ0n) is 18.3. The molecule has 0 aliphatic carbocycles. The zero-order chi connectivity index (χ0) is 21.5. The van der Waals surface area contributed by atoms with E-state index in [2.05, 4.69) is 22.5 Å². The van der Waals surface area contributed by atoms with Crippen LogP contribution in [0.4, 0.5) is 5.69 Å². The maximum Gasteiger partial charge on any atom is 0.255 e. The van der Waals surface area contributed by atoms with E-state index in [0.29, 0.717) is 29.3 Å². The number of benzene rings is 2. The fourth-order valence-corrected chi connectivity index (χ4v) is 3.83. The van der Waals surface area contributed by atoms with Gasteiger partial charge in [0.2, 0.25) is 0 Å². The molecule has 2 aromatic carbocycles. The summed E-state index contributed by atoms with van der Waals surface area (Å²) in [7, 11) is 0. The van der Waals surface area contributed by atoms with Gasteiger partial charge in [0.25, 0.3) is 11.8 Å². The number of hydrogen-bond donors (Lipinski definition) is 2. The molecule has 1 aliphatic heterocycles. The molecule has 1 heterocycles. The van der Waals surface area contributed by atoms with E-state index in [-0.39, 0.29) is 11.8 Å². The Labute approximate surface area is 179 Å². The first kappa shape index (κ1) is 22.0. The smallest absolute Gasteiger partial charge is 0.255 e. The van der Waals surface area contributed by atoms with Crippen molar-refractivity contribution in [3.8, 4) is 0 Å². The summed E-state index contributed by atoms with van der Waals surface area (Å²) in [5.41, 5.74) is 2.80. The molecule has 1 saturated heterocycles. The first-order valence-corrected chi connectivity index (χ1v) is 10.9. The van der Waals surface area contributed by atoms with Crippen LogP contribution in [0.5, 0.6) is 0 Å². The number of anilines is 1. The summed E-state index contributed by atoms with van der Waals surface area (Å²) in [5, 5.41) is 5.80. The molecular weight excluding hydrogens is 374 g/mol. The molecule has 2 amide bonds. The van der Waals surface area contributed by atoms with Gasteiger partial charge in [-0.15, -0.1) is 0 Å². The SMILES string of the molecule is CC(C)CNC(=O)c1ccccc1NC(=O)c1ccc(CN2CCC[C@H](C)C2)cc1.